The Kier molecular flexibility index (Phi) is 4.94. The van der Waals surface area contributed by atoms with E-state index in [0.717, 1.165) is 16.9 Å². The first-order chi connectivity index (χ1) is 12.3. The van der Waals surface area contributed by atoms with Gasteiger partial charge in [0.25, 0.3) is 20.0 Å². The average molecular weight is 411 g/mol. The Morgan fingerprint density at radius 3 is 1.88 bits per heavy atom. The Balaban J connectivity index is 1.78. The maximum atomic E-state index is 12.4. The smallest absolute Gasteiger partial charge is 0.263 e. The molecule has 0 saturated heterocycles. The van der Waals surface area contributed by atoms with Crippen LogP contribution in [0.25, 0.3) is 0 Å². The second-order valence-corrected chi connectivity index (χ2v) is 9.49. The van der Waals surface area contributed by atoms with Crippen LogP contribution in [0.3, 0.4) is 0 Å². The Hall–Kier alpha value is -2.50. The predicted octanol–water partition coefficient (Wildman–Crippen LogP) is 2.45. The second-order valence-electron chi connectivity index (χ2n) is 5.29. The summed E-state index contributed by atoms with van der Waals surface area (Å²) in [7, 11) is -7.57. The van der Waals surface area contributed by atoms with Crippen molar-refractivity contribution in [2.24, 2.45) is 0 Å². The Bertz CT molecular complexity index is 1090. The van der Waals surface area contributed by atoms with Crippen molar-refractivity contribution in [1.29, 1.82) is 0 Å². The number of nitrogens with zero attached hydrogens (tertiary/aromatic N) is 2. The molecule has 0 spiro atoms. The van der Waals surface area contributed by atoms with E-state index in [2.05, 4.69) is 19.6 Å². The van der Waals surface area contributed by atoms with Crippen molar-refractivity contribution >= 4 is 42.2 Å². The summed E-state index contributed by atoms with van der Waals surface area (Å²) in [5.41, 5.74) is 2.60. The molecule has 0 aliphatic rings. The molecule has 136 valence electrons. The number of benzene rings is 2. The zero-order chi connectivity index (χ0) is 18.8. The molecule has 2 aromatic carbocycles. The molecule has 8 nitrogen and oxygen atoms in total. The maximum Gasteiger partial charge on any atom is 0.263 e. The molecule has 1 heterocycles. The second kappa shape index (κ2) is 7.02. The monoisotopic (exact) mass is 410 g/mol. The summed E-state index contributed by atoms with van der Waals surface area (Å²) in [5.74, 6) is 0. The lowest BCUT2D eigenvalue weighted by atomic mass is 10.2. The summed E-state index contributed by atoms with van der Waals surface area (Å²) < 4.78 is 53.9. The van der Waals surface area contributed by atoms with Gasteiger partial charge >= 0.3 is 0 Å². The van der Waals surface area contributed by atoms with Crippen LogP contribution in [-0.4, -0.2) is 27.0 Å². The molecular formula is C15H14N4O4S3. The molecule has 3 rings (SSSR count). The number of hydrogen-bond donors (Lipinski definition) is 2. The molecule has 1 aromatic heterocycles. The fraction of sp³-hybridized carbons (Fsp3) is 0.0667. The minimum Gasteiger partial charge on any atom is -0.280 e. The summed E-state index contributed by atoms with van der Waals surface area (Å²) in [4.78, 5) is 0.101. The van der Waals surface area contributed by atoms with Gasteiger partial charge in [0.2, 0.25) is 5.13 Å². The highest BCUT2D eigenvalue weighted by Gasteiger charge is 2.17. The van der Waals surface area contributed by atoms with Crippen molar-refractivity contribution in [3.8, 4) is 0 Å². The van der Waals surface area contributed by atoms with Crippen LogP contribution in [0, 0.1) is 6.92 Å². The molecule has 0 atom stereocenters. The van der Waals surface area contributed by atoms with Crippen molar-refractivity contribution in [2.45, 2.75) is 16.7 Å². The molecule has 0 aliphatic heterocycles. The molecule has 0 amide bonds. The van der Waals surface area contributed by atoms with Crippen LogP contribution in [-0.2, 0) is 20.0 Å². The highest BCUT2D eigenvalue weighted by Crippen LogP contribution is 2.21. The van der Waals surface area contributed by atoms with Crippen LogP contribution in [0.15, 0.2) is 63.8 Å². The fourth-order valence-electron chi connectivity index (χ4n) is 2.03. The van der Waals surface area contributed by atoms with Gasteiger partial charge < -0.3 is 0 Å². The van der Waals surface area contributed by atoms with Gasteiger partial charge in [0, 0.05) is 5.69 Å². The minimum atomic E-state index is -3.82. The standard InChI is InChI=1S/C15H14N4O4S3/c1-11-2-6-13(7-3-11)25(20,21)18-12-4-8-14(9-5-12)26(22,23)19-15-17-16-10-24-15/h2-10,18H,1H3,(H,17,19). The lowest BCUT2D eigenvalue weighted by molar-refractivity contribution is 0.600. The van der Waals surface area contributed by atoms with E-state index < -0.39 is 20.0 Å². The van der Waals surface area contributed by atoms with E-state index in [-0.39, 0.29) is 20.6 Å². The number of sulfonamides is 2. The molecule has 26 heavy (non-hydrogen) atoms. The zero-order valence-corrected chi connectivity index (χ0v) is 15.9. The molecule has 2 N–H and O–H groups in total. The number of aromatic nitrogens is 2. The topological polar surface area (TPSA) is 118 Å². The number of aryl methyl sites for hydroxylation is 1. The molecule has 11 heteroatoms. The number of rotatable bonds is 6. The molecule has 0 unspecified atom stereocenters. The number of nitrogens with one attached hydrogen (secondary N) is 2. The molecule has 3 aromatic rings. The van der Waals surface area contributed by atoms with Crippen molar-refractivity contribution in [1.82, 2.24) is 10.2 Å². The Morgan fingerprint density at radius 1 is 0.808 bits per heavy atom. The van der Waals surface area contributed by atoms with E-state index in [1.54, 1.807) is 12.1 Å². The first kappa shape index (κ1) is 18.3. The Labute approximate surface area is 155 Å². The van der Waals surface area contributed by atoms with Crippen LogP contribution in [0.4, 0.5) is 10.8 Å². The van der Waals surface area contributed by atoms with Gasteiger partial charge in [0.05, 0.1) is 9.79 Å². The van der Waals surface area contributed by atoms with Crippen LogP contribution in [0.5, 0.6) is 0 Å². The van der Waals surface area contributed by atoms with Crippen LogP contribution < -0.4 is 9.44 Å². The van der Waals surface area contributed by atoms with Gasteiger partial charge in [0.15, 0.2) is 0 Å². The summed E-state index contributed by atoms with van der Waals surface area (Å²) in [6, 6.07) is 11.8. The van der Waals surface area contributed by atoms with Crippen LogP contribution >= 0.6 is 11.3 Å². The van der Waals surface area contributed by atoms with Gasteiger partial charge in [-0.25, -0.2) is 16.8 Å². The van der Waals surface area contributed by atoms with E-state index in [1.165, 1.54) is 41.9 Å². The highest BCUT2D eigenvalue weighted by molar-refractivity contribution is 7.93. The van der Waals surface area contributed by atoms with Crippen molar-refractivity contribution < 1.29 is 16.8 Å². The van der Waals surface area contributed by atoms with Crippen molar-refractivity contribution in [3.05, 3.63) is 59.6 Å². The Morgan fingerprint density at radius 2 is 1.35 bits per heavy atom. The first-order valence-electron chi connectivity index (χ1n) is 7.25. The summed E-state index contributed by atoms with van der Waals surface area (Å²) in [6.07, 6.45) is 0. The maximum absolute atomic E-state index is 12.4. The highest BCUT2D eigenvalue weighted by atomic mass is 32.2. The molecule has 0 saturated carbocycles. The third-order valence-corrected chi connectivity index (χ3v) is 6.82. The summed E-state index contributed by atoms with van der Waals surface area (Å²) in [6.45, 7) is 1.86. The van der Waals surface area contributed by atoms with Gasteiger partial charge in [-0.1, -0.05) is 29.0 Å². The predicted molar refractivity (Wildman–Crippen MR) is 99.1 cm³/mol. The third kappa shape index (κ3) is 4.18. The molecule has 0 fully saturated rings. The van der Waals surface area contributed by atoms with E-state index in [4.69, 9.17) is 0 Å². The van der Waals surface area contributed by atoms with Gasteiger partial charge in [-0.2, -0.15) is 0 Å². The van der Waals surface area contributed by atoms with Crippen molar-refractivity contribution in [3.63, 3.8) is 0 Å². The number of anilines is 2. The van der Waals surface area contributed by atoms with Gasteiger partial charge in [-0.3, -0.25) is 9.44 Å². The van der Waals surface area contributed by atoms with Gasteiger partial charge in [-0.05, 0) is 43.3 Å². The molecule has 0 radical (unpaired) electrons. The third-order valence-electron chi connectivity index (χ3n) is 3.33. The molecule has 0 bridgehead atoms. The SMILES string of the molecule is Cc1ccc(S(=O)(=O)Nc2ccc(S(=O)(=O)Nc3nncs3)cc2)cc1. The van der Waals surface area contributed by atoms with Gasteiger partial charge in [0.1, 0.15) is 5.51 Å². The normalized spacial score (nSPS) is 11.9. The van der Waals surface area contributed by atoms with E-state index in [9.17, 15) is 16.8 Å². The van der Waals surface area contributed by atoms with E-state index in [1.807, 2.05) is 6.92 Å². The summed E-state index contributed by atoms with van der Waals surface area (Å²) in [5, 5.41) is 7.32. The fourth-order valence-corrected chi connectivity index (χ4v) is 4.78. The minimum absolute atomic E-state index is 0.0222. The zero-order valence-electron chi connectivity index (χ0n) is 13.4. The van der Waals surface area contributed by atoms with Crippen LogP contribution in [0.1, 0.15) is 5.56 Å². The van der Waals surface area contributed by atoms with Crippen molar-refractivity contribution in [2.75, 3.05) is 9.44 Å². The summed E-state index contributed by atoms with van der Waals surface area (Å²) >= 11 is 1.05. The van der Waals surface area contributed by atoms with E-state index in [0.29, 0.717) is 0 Å². The van der Waals surface area contributed by atoms with Gasteiger partial charge in [-0.15, -0.1) is 10.2 Å². The average Bonchev–Trinajstić information content (AvgIpc) is 3.07. The largest absolute Gasteiger partial charge is 0.280 e. The van der Waals surface area contributed by atoms with E-state index >= 15 is 0 Å². The molecular weight excluding hydrogens is 396 g/mol. The lowest BCUT2D eigenvalue weighted by Crippen LogP contribution is -2.14. The number of hydrogen-bond acceptors (Lipinski definition) is 7. The first-order valence-corrected chi connectivity index (χ1v) is 11.1. The lowest BCUT2D eigenvalue weighted by Gasteiger charge is -2.09. The quantitative estimate of drug-likeness (QED) is 0.644. The van der Waals surface area contributed by atoms with Crippen LogP contribution in [0.2, 0.25) is 0 Å². The molecule has 0 aliphatic carbocycles.